The molecular formula is C21H23ClN4O. The number of rotatable bonds is 4. The third-order valence-corrected chi connectivity index (χ3v) is 5.39. The topological polar surface area (TPSA) is 44.4 Å². The second kappa shape index (κ2) is 7.62. The van der Waals surface area contributed by atoms with Crippen molar-refractivity contribution in [1.29, 1.82) is 0 Å². The molecule has 0 saturated carbocycles. The van der Waals surface area contributed by atoms with Gasteiger partial charge in [-0.3, -0.25) is 5.10 Å². The highest BCUT2D eigenvalue weighted by Gasteiger charge is 2.15. The highest BCUT2D eigenvalue weighted by Crippen LogP contribution is 2.32. The predicted octanol–water partition coefficient (Wildman–Crippen LogP) is 4.16. The van der Waals surface area contributed by atoms with E-state index in [1.165, 1.54) is 5.69 Å². The molecule has 0 aliphatic carbocycles. The van der Waals surface area contributed by atoms with Crippen LogP contribution in [0.3, 0.4) is 0 Å². The van der Waals surface area contributed by atoms with Crippen molar-refractivity contribution in [3.63, 3.8) is 0 Å². The average Bonchev–Trinajstić information content (AvgIpc) is 3.18. The van der Waals surface area contributed by atoms with E-state index < -0.39 is 0 Å². The summed E-state index contributed by atoms with van der Waals surface area (Å²) in [6.45, 7) is 4.34. The summed E-state index contributed by atoms with van der Waals surface area (Å²) in [5.74, 6) is 0.739. The Morgan fingerprint density at radius 1 is 1.00 bits per heavy atom. The third-order valence-electron chi connectivity index (χ3n) is 5.08. The molecule has 1 aromatic heterocycles. The molecule has 2 heterocycles. The minimum Gasteiger partial charge on any atom is -0.497 e. The summed E-state index contributed by atoms with van der Waals surface area (Å²) in [5.41, 5.74) is 5.05. The summed E-state index contributed by atoms with van der Waals surface area (Å²) in [7, 11) is 3.80. The predicted molar refractivity (Wildman–Crippen MR) is 111 cm³/mol. The number of piperazine rings is 1. The van der Waals surface area contributed by atoms with Crippen LogP contribution in [0.4, 0.5) is 5.69 Å². The monoisotopic (exact) mass is 382 g/mol. The molecule has 6 heteroatoms. The molecule has 4 rings (SSSR count). The number of aromatic nitrogens is 2. The summed E-state index contributed by atoms with van der Waals surface area (Å²) < 4.78 is 5.21. The van der Waals surface area contributed by atoms with E-state index >= 15 is 0 Å². The number of halogens is 1. The number of aromatic amines is 1. The Bertz CT molecular complexity index is 914. The lowest BCUT2D eigenvalue weighted by Gasteiger charge is -2.34. The summed E-state index contributed by atoms with van der Waals surface area (Å²) >= 11 is 6.38. The van der Waals surface area contributed by atoms with Gasteiger partial charge in [0.05, 0.1) is 23.5 Å². The maximum Gasteiger partial charge on any atom is 0.120 e. The lowest BCUT2D eigenvalue weighted by atomic mass is 10.1. The van der Waals surface area contributed by atoms with Gasteiger partial charge in [0.2, 0.25) is 0 Å². The Morgan fingerprint density at radius 3 is 2.41 bits per heavy atom. The second-order valence-electron chi connectivity index (χ2n) is 6.85. The molecule has 0 atom stereocenters. The fraction of sp³-hybridized carbons (Fsp3) is 0.286. The minimum atomic E-state index is 0.634. The van der Waals surface area contributed by atoms with Crippen molar-refractivity contribution in [2.75, 3.05) is 45.2 Å². The zero-order valence-electron chi connectivity index (χ0n) is 15.6. The van der Waals surface area contributed by atoms with Gasteiger partial charge in [-0.25, -0.2) is 0 Å². The lowest BCUT2D eigenvalue weighted by molar-refractivity contribution is 0.313. The molecule has 0 bridgehead atoms. The van der Waals surface area contributed by atoms with Crippen LogP contribution in [0.2, 0.25) is 5.02 Å². The zero-order valence-corrected chi connectivity index (χ0v) is 16.3. The maximum atomic E-state index is 6.38. The van der Waals surface area contributed by atoms with Gasteiger partial charge in [0, 0.05) is 43.0 Å². The van der Waals surface area contributed by atoms with Crippen molar-refractivity contribution in [3.05, 3.63) is 53.6 Å². The Morgan fingerprint density at radius 2 is 1.74 bits per heavy atom. The number of H-pyrrole nitrogens is 1. The fourth-order valence-corrected chi connectivity index (χ4v) is 3.63. The number of nitrogens with one attached hydrogen (secondary N) is 1. The molecule has 5 nitrogen and oxygen atoms in total. The number of anilines is 1. The minimum absolute atomic E-state index is 0.634. The van der Waals surface area contributed by atoms with Crippen molar-refractivity contribution < 1.29 is 4.74 Å². The standard InChI is InChI=1S/C21H23ClN4O/c1-25-9-11-26(12-10-25)16-5-3-15(4-6-16)20-14-21(24-23-20)18-8-7-17(27-2)13-19(18)22/h3-8,13-14H,9-12H2,1-2H3,(H,23,24). The first-order valence-electron chi connectivity index (χ1n) is 9.07. The van der Waals surface area contributed by atoms with Crippen LogP contribution < -0.4 is 9.64 Å². The van der Waals surface area contributed by atoms with Gasteiger partial charge < -0.3 is 14.5 Å². The molecule has 1 saturated heterocycles. The van der Waals surface area contributed by atoms with Crippen molar-refractivity contribution in [2.24, 2.45) is 0 Å². The van der Waals surface area contributed by atoms with Gasteiger partial charge in [-0.05, 0) is 43.4 Å². The molecule has 0 radical (unpaired) electrons. The highest BCUT2D eigenvalue weighted by molar-refractivity contribution is 6.33. The van der Waals surface area contributed by atoms with Gasteiger partial charge >= 0.3 is 0 Å². The second-order valence-corrected chi connectivity index (χ2v) is 7.26. The molecule has 3 aromatic rings. The smallest absolute Gasteiger partial charge is 0.120 e. The Kier molecular flexibility index (Phi) is 5.05. The van der Waals surface area contributed by atoms with Gasteiger partial charge in [0.1, 0.15) is 5.75 Å². The Hall–Kier alpha value is -2.50. The van der Waals surface area contributed by atoms with Gasteiger partial charge in [-0.1, -0.05) is 23.7 Å². The van der Waals surface area contributed by atoms with E-state index in [-0.39, 0.29) is 0 Å². The molecular weight excluding hydrogens is 360 g/mol. The van der Waals surface area contributed by atoms with Gasteiger partial charge in [0.25, 0.3) is 0 Å². The third kappa shape index (κ3) is 3.80. The van der Waals surface area contributed by atoms with Crippen LogP contribution in [-0.4, -0.2) is 55.4 Å². The summed E-state index contributed by atoms with van der Waals surface area (Å²) in [6, 6.07) is 16.3. The quantitative estimate of drug-likeness (QED) is 0.736. The van der Waals surface area contributed by atoms with E-state index in [1.54, 1.807) is 7.11 Å². The molecule has 1 fully saturated rings. The van der Waals surface area contributed by atoms with Crippen molar-refractivity contribution >= 4 is 17.3 Å². The number of nitrogens with zero attached hydrogens (tertiary/aromatic N) is 3. The molecule has 0 unspecified atom stereocenters. The van der Waals surface area contributed by atoms with E-state index in [0.717, 1.165) is 54.4 Å². The molecule has 27 heavy (non-hydrogen) atoms. The van der Waals surface area contributed by atoms with Crippen LogP contribution >= 0.6 is 11.6 Å². The van der Waals surface area contributed by atoms with Crippen molar-refractivity contribution in [2.45, 2.75) is 0 Å². The van der Waals surface area contributed by atoms with Crippen molar-refractivity contribution in [3.8, 4) is 28.3 Å². The zero-order chi connectivity index (χ0) is 18.8. The first-order chi connectivity index (χ1) is 13.1. The van der Waals surface area contributed by atoms with Gasteiger partial charge in [0.15, 0.2) is 0 Å². The maximum absolute atomic E-state index is 6.38. The fourth-order valence-electron chi connectivity index (χ4n) is 3.36. The van der Waals surface area contributed by atoms with Crippen LogP contribution in [-0.2, 0) is 0 Å². The molecule has 1 N–H and O–H groups in total. The van der Waals surface area contributed by atoms with Crippen LogP contribution in [0.5, 0.6) is 5.75 Å². The molecule has 0 spiro atoms. The van der Waals surface area contributed by atoms with Gasteiger partial charge in [-0.15, -0.1) is 0 Å². The largest absolute Gasteiger partial charge is 0.497 e. The average molecular weight is 383 g/mol. The molecule has 2 aromatic carbocycles. The van der Waals surface area contributed by atoms with Crippen LogP contribution in [0.1, 0.15) is 0 Å². The normalized spacial score (nSPS) is 15.1. The van der Waals surface area contributed by atoms with E-state index in [4.69, 9.17) is 16.3 Å². The Labute approximate surface area is 164 Å². The number of hydrogen-bond donors (Lipinski definition) is 1. The first kappa shape index (κ1) is 17.9. The number of likely N-dealkylation sites (N-methyl/N-ethyl adjacent to an activating group) is 1. The molecule has 0 amide bonds. The van der Waals surface area contributed by atoms with E-state index in [1.807, 2.05) is 24.3 Å². The van der Waals surface area contributed by atoms with Crippen molar-refractivity contribution in [1.82, 2.24) is 15.1 Å². The summed E-state index contributed by atoms with van der Waals surface area (Å²) in [6.07, 6.45) is 0. The first-order valence-corrected chi connectivity index (χ1v) is 9.45. The molecule has 1 aliphatic rings. The van der Waals surface area contributed by atoms with E-state index in [2.05, 4.69) is 51.3 Å². The number of ether oxygens (including phenoxy) is 1. The number of hydrogen-bond acceptors (Lipinski definition) is 4. The SMILES string of the molecule is COc1ccc(-c2cc(-c3ccc(N4CCN(C)CC4)cc3)n[nH]2)c(Cl)c1. The number of benzene rings is 2. The summed E-state index contributed by atoms with van der Waals surface area (Å²) in [5, 5.41) is 8.19. The van der Waals surface area contributed by atoms with Gasteiger partial charge in [-0.2, -0.15) is 5.10 Å². The highest BCUT2D eigenvalue weighted by atomic mass is 35.5. The molecule has 1 aliphatic heterocycles. The lowest BCUT2D eigenvalue weighted by Crippen LogP contribution is -2.44. The van der Waals surface area contributed by atoms with E-state index in [9.17, 15) is 0 Å². The Balaban J connectivity index is 1.53. The van der Waals surface area contributed by atoms with Crippen LogP contribution in [0.25, 0.3) is 22.5 Å². The number of methoxy groups -OCH3 is 1. The van der Waals surface area contributed by atoms with Crippen LogP contribution in [0, 0.1) is 0 Å². The van der Waals surface area contributed by atoms with E-state index in [0.29, 0.717) is 5.02 Å². The summed E-state index contributed by atoms with van der Waals surface area (Å²) in [4.78, 5) is 4.79. The van der Waals surface area contributed by atoms with Crippen LogP contribution in [0.15, 0.2) is 48.5 Å². The molecule has 140 valence electrons.